The summed E-state index contributed by atoms with van der Waals surface area (Å²) in [5, 5.41) is 221. The number of hydrogen-bond acceptors (Lipinski definition) is 33. The predicted molar refractivity (Wildman–Crippen MR) is 314 cm³/mol. The molecule has 6 saturated heterocycles. The smallest absolute Gasteiger partial charge is 0.317 e. The van der Waals surface area contributed by atoms with E-state index in [1.54, 1.807) is 0 Å². The van der Waals surface area contributed by atoms with Gasteiger partial charge in [0.2, 0.25) is 6.29 Å². The van der Waals surface area contributed by atoms with E-state index in [9.17, 15) is 102 Å². The zero-order valence-corrected chi connectivity index (χ0v) is 54.5. The van der Waals surface area contributed by atoms with Crippen LogP contribution in [0.4, 0.5) is 0 Å². The second-order valence-corrected chi connectivity index (χ2v) is 30.7. The number of carbonyl (C=O) groups excluding carboxylic acids is 1. The Balaban J connectivity index is 0.793. The lowest BCUT2D eigenvalue weighted by Crippen LogP contribution is -2.71. The van der Waals surface area contributed by atoms with E-state index in [0.29, 0.717) is 32.1 Å². The lowest BCUT2D eigenvalue weighted by Gasteiger charge is -2.72. The van der Waals surface area contributed by atoms with E-state index in [1.165, 1.54) is 6.92 Å². The molecule has 4 saturated carbocycles. The molecule has 0 aromatic rings. The van der Waals surface area contributed by atoms with Crippen LogP contribution in [0.5, 0.6) is 0 Å². The van der Waals surface area contributed by atoms with Crippen molar-refractivity contribution >= 4 is 5.97 Å². The van der Waals surface area contributed by atoms with Crippen molar-refractivity contribution in [3.63, 3.8) is 0 Å². The fourth-order valence-electron chi connectivity index (χ4n) is 18.8. The molecule has 96 heavy (non-hydrogen) atoms. The molecule has 6 aliphatic heterocycles. The van der Waals surface area contributed by atoms with Crippen molar-refractivity contribution < 1.29 is 164 Å². The molecule has 11 aliphatic rings. The van der Waals surface area contributed by atoms with Gasteiger partial charge in [-0.25, -0.2) is 0 Å². The third kappa shape index (κ3) is 12.4. The first-order valence-electron chi connectivity index (χ1n) is 33.4. The zero-order valence-electron chi connectivity index (χ0n) is 54.5. The molecule has 11 rings (SSSR count). The third-order valence-corrected chi connectivity index (χ3v) is 24.7. The van der Waals surface area contributed by atoms with Crippen LogP contribution in [0.1, 0.15) is 92.9 Å². The lowest BCUT2D eigenvalue weighted by atomic mass is 9.33. The van der Waals surface area contributed by atoms with Gasteiger partial charge in [0.25, 0.3) is 0 Å². The standard InChI is InChI=1S/C63H102O33/c1-24-45(92-51-44(81)46(29(70)18-85-51)93-55-48(82)62(84,22-67)23-88-55)40(77)43(80)52(89-24)94-47-35(72)28(69)17-86-54(47)96-56(83)63-12-11-57(2,3)13-26(63)25-7-8-32-58(4)14-27(68)49(61(20-65,21-66)33(58)9-10-59(32,5)60(25,6)15-34(63)71)95-53-42(79)39(76)37(74)31(91-53)19-87-50-41(78)38(75)36(73)30(16-64)90-50/h7,24,26-55,64-82,84H,8-23H2,1-6H3/t24?,26-,27?,28?,29?,30?,31?,32+,33+,34+,35?,36?,37?,38?,39?,40?,41?,42+,43?,44?,45?,46?,47?,48?,49-,50?,51?,52?,53?,54?,55?,58+,59+,60+,62+,63+/m0/s1. The number of ether oxygens (including phenoxy) is 12. The van der Waals surface area contributed by atoms with Gasteiger partial charge in [-0.05, 0) is 97.7 Å². The van der Waals surface area contributed by atoms with E-state index < -0.39 is 275 Å². The van der Waals surface area contributed by atoms with Gasteiger partial charge in [-0.15, -0.1) is 0 Å². The summed E-state index contributed by atoms with van der Waals surface area (Å²) in [6.45, 7) is 6.34. The minimum atomic E-state index is -2.09. The molecule has 552 valence electrons. The van der Waals surface area contributed by atoms with Gasteiger partial charge in [0.15, 0.2) is 37.6 Å². The fraction of sp³-hybridized carbons (Fsp3) is 0.952. The highest BCUT2D eigenvalue weighted by Gasteiger charge is 2.74. The van der Waals surface area contributed by atoms with Crippen LogP contribution in [0.2, 0.25) is 0 Å². The summed E-state index contributed by atoms with van der Waals surface area (Å²) >= 11 is 0. The van der Waals surface area contributed by atoms with E-state index in [2.05, 4.69) is 33.8 Å². The zero-order chi connectivity index (χ0) is 70.1. The molecule has 25 unspecified atom stereocenters. The average Bonchev–Trinajstić information content (AvgIpc) is 1.24. The first kappa shape index (κ1) is 75.1. The van der Waals surface area contributed by atoms with E-state index in [4.69, 9.17) is 56.8 Å². The van der Waals surface area contributed by atoms with Gasteiger partial charge >= 0.3 is 5.97 Å². The van der Waals surface area contributed by atoms with E-state index in [-0.39, 0.29) is 30.6 Å². The first-order valence-corrected chi connectivity index (χ1v) is 33.4. The molecule has 6 heterocycles. The minimum Gasteiger partial charge on any atom is -0.432 e. The van der Waals surface area contributed by atoms with Crippen LogP contribution >= 0.6 is 0 Å². The van der Waals surface area contributed by atoms with E-state index in [0.717, 1.165) is 5.57 Å². The molecule has 0 bridgehead atoms. The summed E-state index contributed by atoms with van der Waals surface area (Å²) in [6.07, 6.45) is -43.1. The quantitative estimate of drug-likeness (QED) is 0.0365. The molecule has 0 spiro atoms. The Kier molecular flexibility index (Phi) is 21.8. The van der Waals surface area contributed by atoms with Gasteiger partial charge in [-0.3, -0.25) is 4.79 Å². The molecule has 33 nitrogen and oxygen atoms in total. The van der Waals surface area contributed by atoms with E-state index >= 15 is 4.79 Å². The normalized spacial score (nSPS) is 54.0. The molecular weight excluding hydrogens is 1280 g/mol. The summed E-state index contributed by atoms with van der Waals surface area (Å²) < 4.78 is 70.1. The van der Waals surface area contributed by atoms with Crippen molar-refractivity contribution in [1.29, 1.82) is 0 Å². The van der Waals surface area contributed by atoms with Crippen molar-refractivity contribution in [2.24, 2.45) is 50.2 Å². The van der Waals surface area contributed by atoms with Crippen LogP contribution in [0.3, 0.4) is 0 Å². The van der Waals surface area contributed by atoms with Gasteiger partial charge in [0.1, 0.15) is 115 Å². The summed E-state index contributed by atoms with van der Waals surface area (Å²) in [7, 11) is 0. The number of carbonyl (C=O) groups is 1. The van der Waals surface area contributed by atoms with Crippen LogP contribution in [-0.2, 0) is 61.6 Å². The van der Waals surface area contributed by atoms with Crippen molar-refractivity contribution in [3.8, 4) is 0 Å². The number of hydrogen-bond donors (Lipinski definition) is 20. The molecule has 0 aromatic carbocycles. The predicted octanol–water partition coefficient (Wildman–Crippen LogP) is -7.55. The highest BCUT2D eigenvalue weighted by atomic mass is 16.8. The molecular formula is C63H102O33. The molecule has 36 atom stereocenters. The summed E-state index contributed by atoms with van der Waals surface area (Å²) in [4.78, 5) is 15.5. The molecule has 0 aromatic heterocycles. The van der Waals surface area contributed by atoms with Crippen molar-refractivity contribution in [3.05, 3.63) is 11.6 Å². The Morgan fingerprint density at radius 2 is 1.16 bits per heavy atom. The van der Waals surface area contributed by atoms with Crippen LogP contribution in [0, 0.1) is 50.2 Å². The topological polar surface area (TPSA) is 532 Å². The second-order valence-electron chi connectivity index (χ2n) is 30.7. The second kappa shape index (κ2) is 27.9. The van der Waals surface area contributed by atoms with Gasteiger partial charge in [0, 0.05) is 5.41 Å². The number of aliphatic hydroxyl groups is 20. The Labute approximate surface area is 553 Å². The van der Waals surface area contributed by atoms with Gasteiger partial charge < -0.3 is 159 Å². The number of aliphatic hydroxyl groups excluding tert-OH is 19. The summed E-state index contributed by atoms with van der Waals surface area (Å²) in [6, 6.07) is 0. The Morgan fingerprint density at radius 3 is 1.81 bits per heavy atom. The summed E-state index contributed by atoms with van der Waals surface area (Å²) in [5.41, 5.74) is -7.34. The minimum absolute atomic E-state index is 0.0176. The van der Waals surface area contributed by atoms with Gasteiger partial charge in [-0.2, -0.15) is 0 Å². The van der Waals surface area contributed by atoms with Gasteiger partial charge in [0.05, 0.1) is 77.3 Å². The SMILES string of the molecule is CC1OC(OC2C(OC(=O)[C@]34CCC(C)(C)C[C@H]3C3=CC[C@@H]5[C@@]6(C)CC(O)[C@H](OC7OC(COC8OC(CO)C(O)C(O)C8O)C(O)C(O)[C@H]7O)C(CO)(CO)[C@@H]6CC[C@@]5(C)[C@]3(C)C[C@H]4O)OCC(O)C2O)C(O)C(O)C1OC1OCC(O)C(OC2OC[C@](O)(CO)C2O)C1O. The molecule has 0 radical (unpaired) electrons. The Hall–Kier alpha value is -2.03. The molecule has 33 heteroatoms. The summed E-state index contributed by atoms with van der Waals surface area (Å²) in [5.74, 6) is -2.50. The Morgan fingerprint density at radius 1 is 0.552 bits per heavy atom. The van der Waals surface area contributed by atoms with Crippen molar-refractivity contribution in [2.75, 3.05) is 52.9 Å². The van der Waals surface area contributed by atoms with Crippen molar-refractivity contribution in [2.45, 2.75) is 271 Å². The molecule has 10 fully saturated rings. The third-order valence-electron chi connectivity index (χ3n) is 24.7. The van der Waals surface area contributed by atoms with Gasteiger partial charge in [-0.1, -0.05) is 46.3 Å². The highest BCUT2D eigenvalue weighted by molar-refractivity contribution is 5.80. The number of allylic oxidation sites excluding steroid dienone is 2. The molecule has 0 amide bonds. The average molecular weight is 1390 g/mol. The van der Waals surface area contributed by atoms with Crippen LogP contribution in [0.25, 0.3) is 0 Å². The monoisotopic (exact) mass is 1390 g/mol. The fourth-order valence-corrected chi connectivity index (χ4v) is 18.8. The largest absolute Gasteiger partial charge is 0.432 e. The van der Waals surface area contributed by atoms with Crippen LogP contribution < -0.4 is 0 Å². The Bertz CT molecular complexity index is 2710. The van der Waals surface area contributed by atoms with Crippen LogP contribution in [-0.4, -0.2) is 339 Å². The highest BCUT2D eigenvalue weighted by Crippen LogP contribution is 2.76. The first-order chi connectivity index (χ1) is 45.1. The van der Waals surface area contributed by atoms with E-state index in [1.807, 2.05) is 6.92 Å². The number of fused-ring (bicyclic) bond motifs is 7. The lowest BCUT2D eigenvalue weighted by molar-refractivity contribution is -0.372. The number of rotatable bonds is 17. The number of esters is 1. The maximum Gasteiger partial charge on any atom is 0.317 e. The maximum absolute atomic E-state index is 15.5. The molecule has 20 N–H and O–H groups in total. The van der Waals surface area contributed by atoms with Crippen molar-refractivity contribution in [1.82, 2.24) is 0 Å². The molecule has 5 aliphatic carbocycles. The van der Waals surface area contributed by atoms with Crippen LogP contribution in [0.15, 0.2) is 11.6 Å². The maximum atomic E-state index is 15.5.